The van der Waals surface area contributed by atoms with Crippen LogP contribution in [-0.2, 0) is 13.1 Å². The molecule has 1 unspecified atom stereocenters. The quantitative estimate of drug-likeness (QED) is 0.854. The average Bonchev–Trinajstić information content (AvgIpc) is 2.93. The van der Waals surface area contributed by atoms with Gasteiger partial charge in [0.15, 0.2) is 11.5 Å². The van der Waals surface area contributed by atoms with E-state index < -0.39 is 0 Å². The van der Waals surface area contributed by atoms with E-state index in [0.717, 1.165) is 29.3 Å². The lowest BCUT2D eigenvalue weighted by molar-refractivity contribution is 0.350. The van der Waals surface area contributed by atoms with Crippen LogP contribution in [0.4, 0.5) is 0 Å². The van der Waals surface area contributed by atoms with Crippen LogP contribution in [0.2, 0.25) is 0 Å². The maximum atomic E-state index is 5.47. The topological polar surface area (TPSA) is 48.3 Å². The molecule has 0 amide bonds. The van der Waals surface area contributed by atoms with Crippen molar-refractivity contribution in [2.24, 2.45) is 0 Å². The zero-order valence-corrected chi connectivity index (χ0v) is 14.0. The summed E-state index contributed by atoms with van der Waals surface area (Å²) in [6.07, 6.45) is 2.11. The molecule has 0 aliphatic rings. The predicted molar refractivity (Wildman–Crippen MR) is 87.4 cm³/mol. The molecule has 0 aliphatic carbocycles. The summed E-state index contributed by atoms with van der Waals surface area (Å²) >= 11 is 0. The molecule has 5 heteroatoms. The second-order valence-corrected chi connectivity index (χ2v) is 5.28. The number of nitrogens with zero attached hydrogens (tertiary/aromatic N) is 2. The van der Waals surface area contributed by atoms with E-state index in [0.29, 0.717) is 6.54 Å². The van der Waals surface area contributed by atoms with Crippen molar-refractivity contribution in [1.82, 2.24) is 15.1 Å². The van der Waals surface area contributed by atoms with E-state index in [-0.39, 0.29) is 6.04 Å². The molecule has 0 radical (unpaired) electrons. The Balaban J connectivity index is 2.11. The molecule has 2 aromatic rings. The van der Waals surface area contributed by atoms with Gasteiger partial charge in [-0.3, -0.25) is 4.68 Å². The van der Waals surface area contributed by atoms with Gasteiger partial charge in [-0.1, -0.05) is 12.1 Å². The van der Waals surface area contributed by atoms with Gasteiger partial charge in [0.05, 0.1) is 19.9 Å². The molecule has 1 aromatic heterocycles. The fraction of sp³-hybridized carbons (Fsp3) is 0.471. The van der Waals surface area contributed by atoms with Gasteiger partial charge < -0.3 is 14.8 Å². The van der Waals surface area contributed by atoms with Crippen LogP contribution in [0.1, 0.15) is 36.7 Å². The van der Waals surface area contributed by atoms with Crippen molar-refractivity contribution in [3.05, 3.63) is 41.2 Å². The third-order valence-electron chi connectivity index (χ3n) is 3.86. The monoisotopic (exact) mass is 303 g/mol. The molecule has 0 saturated carbocycles. The molecule has 1 atom stereocenters. The third-order valence-corrected chi connectivity index (χ3v) is 3.86. The van der Waals surface area contributed by atoms with Gasteiger partial charge in [-0.2, -0.15) is 5.10 Å². The van der Waals surface area contributed by atoms with Gasteiger partial charge in [0.2, 0.25) is 0 Å². The van der Waals surface area contributed by atoms with E-state index >= 15 is 0 Å². The van der Waals surface area contributed by atoms with Crippen molar-refractivity contribution >= 4 is 0 Å². The van der Waals surface area contributed by atoms with E-state index in [1.807, 2.05) is 29.8 Å². The number of aromatic nitrogens is 2. The minimum Gasteiger partial charge on any atom is -0.493 e. The molecule has 2 rings (SSSR count). The van der Waals surface area contributed by atoms with Crippen molar-refractivity contribution < 1.29 is 9.47 Å². The van der Waals surface area contributed by atoms with Gasteiger partial charge in [-0.15, -0.1) is 0 Å². The molecule has 22 heavy (non-hydrogen) atoms. The molecule has 0 spiro atoms. The first-order valence-corrected chi connectivity index (χ1v) is 7.57. The van der Waals surface area contributed by atoms with Crippen molar-refractivity contribution in [1.29, 1.82) is 0 Å². The lowest BCUT2D eigenvalue weighted by atomic mass is 10.1. The van der Waals surface area contributed by atoms with Crippen LogP contribution in [0.5, 0.6) is 11.5 Å². The highest BCUT2D eigenvalue weighted by Crippen LogP contribution is 2.31. The van der Waals surface area contributed by atoms with Crippen LogP contribution in [0, 0.1) is 6.92 Å². The first-order valence-electron chi connectivity index (χ1n) is 7.57. The Morgan fingerprint density at radius 3 is 2.64 bits per heavy atom. The van der Waals surface area contributed by atoms with Gasteiger partial charge >= 0.3 is 0 Å². The Morgan fingerprint density at radius 2 is 2.05 bits per heavy atom. The van der Waals surface area contributed by atoms with Crippen molar-refractivity contribution in [2.45, 2.75) is 39.9 Å². The minimum absolute atomic E-state index is 0.219. The summed E-state index contributed by atoms with van der Waals surface area (Å²) in [6.45, 7) is 7.88. The molecule has 120 valence electrons. The van der Waals surface area contributed by atoms with Gasteiger partial charge in [0, 0.05) is 36.5 Å². The molecule has 0 bridgehead atoms. The van der Waals surface area contributed by atoms with Gasteiger partial charge in [-0.25, -0.2) is 0 Å². The van der Waals surface area contributed by atoms with E-state index in [2.05, 4.69) is 30.5 Å². The van der Waals surface area contributed by atoms with E-state index in [4.69, 9.17) is 9.47 Å². The van der Waals surface area contributed by atoms with Crippen LogP contribution >= 0.6 is 0 Å². The summed E-state index contributed by atoms with van der Waals surface area (Å²) in [5.41, 5.74) is 3.37. The number of hydrogen-bond acceptors (Lipinski definition) is 4. The maximum Gasteiger partial charge on any atom is 0.165 e. The third kappa shape index (κ3) is 3.42. The second kappa shape index (κ2) is 7.31. The Labute approximate surface area is 132 Å². The molecule has 0 saturated heterocycles. The zero-order valence-electron chi connectivity index (χ0n) is 14.0. The average molecular weight is 303 g/mol. The van der Waals surface area contributed by atoms with Crippen LogP contribution in [0.3, 0.4) is 0 Å². The number of nitrogens with one attached hydrogen (secondary N) is 1. The van der Waals surface area contributed by atoms with Crippen molar-refractivity contribution in [3.63, 3.8) is 0 Å². The summed E-state index contributed by atoms with van der Waals surface area (Å²) in [4.78, 5) is 0. The number of rotatable bonds is 7. The van der Waals surface area contributed by atoms with Crippen molar-refractivity contribution in [3.8, 4) is 11.5 Å². The highest BCUT2D eigenvalue weighted by Gasteiger charge is 2.14. The van der Waals surface area contributed by atoms with Crippen LogP contribution in [0.25, 0.3) is 0 Å². The smallest absolute Gasteiger partial charge is 0.165 e. The Hall–Kier alpha value is -2.01. The van der Waals surface area contributed by atoms with Crippen LogP contribution < -0.4 is 14.8 Å². The van der Waals surface area contributed by atoms with Gasteiger partial charge in [0.1, 0.15) is 0 Å². The highest BCUT2D eigenvalue weighted by atomic mass is 16.5. The highest BCUT2D eigenvalue weighted by molar-refractivity contribution is 5.46. The summed E-state index contributed by atoms with van der Waals surface area (Å²) in [5, 5.41) is 8.03. The Bertz CT molecular complexity index is 622. The molecule has 1 heterocycles. The summed E-state index contributed by atoms with van der Waals surface area (Å²) in [7, 11) is 3.32. The minimum atomic E-state index is 0.219. The number of benzene rings is 1. The van der Waals surface area contributed by atoms with Crippen molar-refractivity contribution in [2.75, 3.05) is 14.2 Å². The fourth-order valence-electron chi connectivity index (χ4n) is 2.59. The number of aryl methyl sites for hydroxylation is 2. The zero-order chi connectivity index (χ0) is 16.1. The molecule has 5 nitrogen and oxygen atoms in total. The maximum absolute atomic E-state index is 5.47. The van der Waals surface area contributed by atoms with E-state index in [9.17, 15) is 0 Å². The van der Waals surface area contributed by atoms with Gasteiger partial charge in [0.25, 0.3) is 0 Å². The van der Waals surface area contributed by atoms with E-state index in [1.165, 1.54) is 5.56 Å². The Kier molecular flexibility index (Phi) is 5.44. The molecule has 0 aliphatic heterocycles. The molecule has 1 N–H and O–H groups in total. The molecular formula is C17H25N3O2. The first-order chi connectivity index (χ1) is 10.6. The van der Waals surface area contributed by atoms with Crippen LogP contribution in [-0.4, -0.2) is 24.0 Å². The number of ether oxygens (including phenoxy) is 2. The summed E-state index contributed by atoms with van der Waals surface area (Å²) in [6, 6.07) is 6.14. The standard InChI is InChI=1S/C17H25N3O2/c1-6-20-11-15(13(3)19-20)12(2)18-10-14-8-7-9-16(21-4)17(14)22-5/h7-9,11-12,18H,6,10H2,1-5H3. The summed E-state index contributed by atoms with van der Waals surface area (Å²) < 4.78 is 12.8. The number of para-hydroxylation sites is 1. The largest absolute Gasteiger partial charge is 0.493 e. The van der Waals surface area contributed by atoms with Crippen LogP contribution in [0.15, 0.2) is 24.4 Å². The fourth-order valence-corrected chi connectivity index (χ4v) is 2.59. The first kappa shape index (κ1) is 16.4. The van der Waals surface area contributed by atoms with Gasteiger partial charge in [-0.05, 0) is 26.8 Å². The van der Waals surface area contributed by atoms with E-state index in [1.54, 1.807) is 14.2 Å². The lowest BCUT2D eigenvalue weighted by Crippen LogP contribution is -2.19. The SMILES string of the molecule is CCn1cc(C(C)NCc2cccc(OC)c2OC)c(C)n1. The molecule has 1 aromatic carbocycles. The Morgan fingerprint density at radius 1 is 1.27 bits per heavy atom. The predicted octanol–water partition coefficient (Wildman–Crippen LogP) is 3.08. The molecular weight excluding hydrogens is 278 g/mol. The normalized spacial score (nSPS) is 12.2. The number of methoxy groups -OCH3 is 2. The molecule has 0 fully saturated rings. The summed E-state index contributed by atoms with van der Waals surface area (Å²) in [5.74, 6) is 1.54. The second-order valence-electron chi connectivity index (χ2n) is 5.28. The lowest BCUT2D eigenvalue weighted by Gasteiger charge is -2.16. The number of hydrogen-bond donors (Lipinski definition) is 1.